The lowest BCUT2D eigenvalue weighted by Crippen LogP contribution is -2.05. The lowest BCUT2D eigenvalue weighted by molar-refractivity contribution is 0.804. The number of rotatable bonds is 1. The molecule has 0 unspecified atom stereocenters. The first-order chi connectivity index (χ1) is 4.58. The topological polar surface area (TPSA) is 12.9 Å². The van der Waals surface area contributed by atoms with Crippen molar-refractivity contribution in [2.24, 2.45) is 0 Å². The van der Waals surface area contributed by atoms with Crippen molar-refractivity contribution < 1.29 is 0 Å². The molecule has 56 valence electrons. The van der Waals surface area contributed by atoms with Gasteiger partial charge in [-0.25, -0.2) is 0 Å². The summed E-state index contributed by atoms with van der Waals surface area (Å²) in [4.78, 5) is 4.00. The SMILES string of the molecule is CC(C)(C)Sc1cncs1. The first kappa shape index (κ1) is 8.08. The molecule has 0 aliphatic carbocycles. The van der Waals surface area contributed by atoms with Crippen molar-refractivity contribution >= 4 is 23.1 Å². The van der Waals surface area contributed by atoms with E-state index >= 15 is 0 Å². The molecule has 10 heavy (non-hydrogen) atoms. The molecular weight excluding hydrogens is 162 g/mol. The third kappa shape index (κ3) is 2.71. The maximum Gasteiger partial charge on any atom is 0.0803 e. The molecule has 1 nitrogen and oxygen atoms in total. The summed E-state index contributed by atoms with van der Waals surface area (Å²) in [5.74, 6) is 0. The molecule has 0 saturated carbocycles. The number of thioether (sulfide) groups is 1. The lowest BCUT2D eigenvalue weighted by Gasteiger charge is -2.14. The van der Waals surface area contributed by atoms with Crippen LogP contribution in [0.3, 0.4) is 0 Å². The van der Waals surface area contributed by atoms with E-state index in [-0.39, 0.29) is 0 Å². The Balaban J connectivity index is 2.57. The highest BCUT2D eigenvalue weighted by Crippen LogP contribution is 2.33. The van der Waals surface area contributed by atoms with E-state index in [9.17, 15) is 0 Å². The van der Waals surface area contributed by atoms with Gasteiger partial charge < -0.3 is 0 Å². The Morgan fingerprint density at radius 1 is 1.50 bits per heavy atom. The van der Waals surface area contributed by atoms with Crippen LogP contribution in [-0.4, -0.2) is 9.73 Å². The summed E-state index contributed by atoms with van der Waals surface area (Å²) in [6, 6.07) is 0. The maximum atomic E-state index is 4.00. The van der Waals surface area contributed by atoms with Crippen LogP contribution in [0.15, 0.2) is 15.9 Å². The highest BCUT2D eigenvalue weighted by molar-refractivity contribution is 8.02. The van der Waals surface area contributed by atoms with Crippen LogP contribution in [0.1, 0.15) is 20.8 Å². The molecule has 0 radical (unpaired) electrons. The van der Waals surface area contributed by atoms with Crippen LogP contribution in [0.2, 0.25) is 0 Å². The van der Waals surface area contributed by atoms with Gasteiger partial charge in [0, 0.05) is 4.75 Å². The first-order valence-corrected chi connectivity index (χ1v) is 4.85. The second kappa shape index (κ2) is 2.93. The highest BCUT2D eigenvalue weighted by Gasteiger charge is 2.12. The van der Waals surface area contributed by atoms with E-state index in [1.165, 1.54) is 4.21 Å². The summed E-state index contributed by atoms with van der Waals surface area (Å²) in [7, 11) is 0. The van der Waals surface area contributed by atoms with E-state index in [1.807, 2.05) is 23.5 Å². The Morgan fingerprint density at radius 2 is 2.20 bits per heavy atom. The summed E-state index contributed by atoms with van der Waals surface area (Å²) in [6.07, 6.45) is 1.92. The Kier molecular flexibility index (Phi) is 2.36. The van der Waals surface area contributed by atoms with E-state index < -0.39 is 0 Å². The Labute approximate surface area is 69.9 Å². The monoisotopic (exact) mass is 173 g/mol. The molecule has 0 amide bonds. The number of aromatic nitrogens is 1. The first-order valence-electron chi connectivity index (χ1n) is 3.15. The van der Waals surface area contributed by atoms with Gasteiger partial charge in [0.05, 0.1) is 15.9 Å². The van der Waals surface area contributed by atoms with E-state index in [4.69, 9.17) is 0 Å². The molecular formula is C7H11NS2. The largest absolute Gasteiger partial charge is 0.252 e. The van der Waals surface area contributed by atoms with Gasteiger partial charge in [0.2, 0.25) is 0 Å². The third-order valence-electron chi connectivity index (χ3n) is 0.816. The van der Waals surface area contributed by atoms with Crippen molar-refractivity contribution in [3.63, 3.8) is 0 Å². The van der Waals surface area contributed by atoms with Crippen molar-refractivity contribution in [1.29, 1.82) is 0 Å². The zero-order valence-corrected chi connectivity index (χ0v) is 8.05. The summed E-state index contributed by atoms with van der Waals surface area (Å²) in [5.41, 5.74) is 1.87. The Hall–Kier alpha value is -0.0200. The third-order valence-corrected chi connectivity index (χ3v) is 2.84. The number of hydrogen-bond acceptors (Lipinski definition) is 3. The second-order valence-electron chi connectivity index (χ2n) is 3.03. The second-order valence-corrected chi connectivity index (χ2v) is 6.05. The van der Waals surface area contributed by atoms with Crippen molar-refractivity contribution in [1.82, 2.24) is 4.98 Å². The fraction of sp³-hybridized carbons (Fsp3) is 0.571. The standard InChI is InChI=1S/C7H11NS2/c1-7(2,3)10-6-4-8-5-9-6/h4-5H,1-3H3. The average Bonchev–Trinajstić information content (AvgIpc) is 2.12. The quantitative estimate of drug-likeness (QED) is 0.605. The molecule has 1 aromatic heterocycles. The number of nitrogens with zero attached hydrogens (tertiary/aromatic N) is 1. The van der Waals surface area contributed by atoms with Crippen LogP contribution >= 0.6 is 23.1 Å². The minimum absolute atomic E-state index is 0.312. The zero-order valence-electron chi connectivity index (χ0n) is 6.42. The molecule has 1 heterocycles. The van der Waals surface area contributed by atoms with Crippen LogP contribution in [0.4, 0.5) is 0 Å². The van der Waals surface area contributed by atoms with Gasteiger partial charge in [-0.1, -0.05) is 20.8 Å². The van der Waals surface area contributed by atoms with Crippen LogP contribution in [0.25, 0.3) is 0 Å². The van der Waals surface area contributed by atoms with Gasteiger partial charge in [-0.05, 0) is 0 Å². The molecule has 1 aromatic rings. The van der Waals surface area contributed by atoms with Crippen molar-refractivity contribution in [2.45, 2.75) is 29.7 Å². The summed E-state index contributed by atoms with van der Waals surface area (Å²) >= 11 is 3.57. The molecule has 1 rings (SSSR count). The van der Waals surface area contributed by atoms with Crippen molar-refractivity contribution in [3.05, 3.63) is 11.7 Å². The van der Waals surface area contributed by atoms with Gasteiger partial charge in [0.1, 0.15) is 0 Å². The molecule has 0 aliphatic heterocycles. The maximum absolute atomic E-state index is 4.00. The zero-order chi connectivity index (χ0) is 7.61. The molecule has 0 fully saturated rings. The van der Waals surface area contributed by atoms with Crippen LogP contribution in [0.5, 0.6) is 0 Å². The van der Waals surface area contributed by atoms with Crippen LogP contribution in [0, 0.1) is 0 Å². The van der Waals surface area contributed by atoms with Crippen LogP contribution < -0.4 is 0 Å². The van der Waals surface area contributed by atoms with Crippen molar-refractivity contribution in [3.8, 4) is 0 Å². The van der Waals surface area contributed by atoms with E-state index in [2.05, 4.69) is 25.8 Å². The van der Waals surface area contributed by atoms with E-state index in [1.54, 1.807) is 11.3 Å². The Morgan fingerprint density at radius 3 is 2.60 bits per heavy atom. The lowest BCUT2D eigenvalue weighted by atomic mass is 10.3. The molecule has 0 N–H and O–H groups in total. The average molecular weight is 173 g/mol. The summed E-state index contributed by atoms with van der Waals surface area (Å²) in [5, 5.41) is 0. The number of thiazole rings is 1. The van der Waals surface area contributed by atoms with Gasteiger partial charge in [-0.15, -0.1) is 23.1 Å². The molecule has 0 saturated heterocycles. The van der Waals surface area contributed by atoms with Gasteiger partial charge in [-0.2, -0.15) is 0 Å². The molecule has 0 bridgehead atoms. The van der Waals surface area contributed by atoms with Gasteiger partial charge in [-0.3, -0.25) is 4.98 Å². The van der Waals surface area contributed by atoms with E-state index in [0.29, 0.717) is 4.75 Å². The summed E-state index contributed by atoms with van der Waals surface area (Å²) in [6.45, 7) is 6.62. The summed E-state index contributed by atoms with van der Waals surface area (Å²) < 4.78 is 1.61. The smallest absolute Gasteiger partial charge is 0.0803 e. The predicted octanol–water partition coefficient (Wildman–Crippen LogP) is 3.03. The normalized spacial score (nSPS) is 11.9. The van der Waals surface area contributed by atoms with E-state index in [0.717, 1.165) is 0 Å². The van der Waals surface area contributed by atoms with Gasteiger partial charge in [0.25, 0.3) is 0 Å². The predicted molar refractivity (Wildman–Crippen MR) is 47.7 cm³/mol. The number of hydrogen-bond donors (Lipinski definition) is 0. The fourth-order valence-electron chi connectivity index (χ4n) is 0.556. The molecule has 0 aliphatic rings. The molecule has 0 atom stereocenters. The van der Waals surface area contributed by atoms with Crippen molar-refractivity contribution in [2.75, 3.05) is 0 Å². The minimum atomic E-state index is 0.312. The minimum Gasteiger partial charge on any atom is -0.252 e. The molecule has 3 heteroatoms. The van der Waals surface area contributed by atoms with Crippen LogP contribution in [-0.2, 0) is 0 Å². The Bertz CT molecular complexity index is 186. The fourth-order valence-corrected chi connectivity index (χ4v) is 2.69. The highest BCUT2D eigenvalue weighted by atomic mass is 32.2. The van der Waals surface area contributed by atoms with Gasteiger partial charge in [0.15, 0.2) is 0 Å². The van der Waals surface area contributed by atoms with Gasteiger partial charge >= 0.3 is 0 Å². The molecule has 0 aromatic carbocycles. The molecule has 0 spiro atoms.